The number of rotatable bonds is 12. The van der Waals surface area contributed by atoms with Crippen LogP contribution in [0.2, 0.25) is 0 Å². The highest BCUT2D eigenvalue weighted by Gasteiger charge is 2.22. The Morgan fingerprint density at radius 1 is 1.16 bits per heavy atom. The molecule has 0 saturated carbocycles. The van der Waals surface area contributed by atoms with Gasteiger partial charge < -0.3 is 25.6 Å². The molecule has 1 aromatic carbocycles. The zero-order valence-corrected chi connectivity index (χ0v) is 20.2. The van der Waals surface area contributed by atoms with Gasteiger partial charge in [-0.15, -0.1) is 0 Å². The van der Waals surface area contributed by atoms with E-state index in [0.717, 1.165) is 43.7 Å². The van der Waals surface area contributed by atoms with Crippen molar-refractivity contribution in [3.63, 3.8) is 0 Å². The van der Waals surface area contributed by atoms with Crippen molar-refractivity contribution in [1.82, 2.24) is 9.80 Å². The summed E-state index contributed by atoms with van der Waals surface area (Å²) in [4.78, 5) is 27.6. The van der Waals surface area contributed by atoms with E-state index in [2.05, 4.69) is 18.8 Å². The summed E-state index contributed by atoms with van der Waals surface area (Å²) >= 11 is 0. The van der Waals surface area contributed by atoms with Crippen molar-refractivity contribution >= 4 is 17.5 Å². The summed E-state index contributed by atoms with van der Waals surface area (Å²) in [5, 5.41) is 2.88. The number of carbonyl (C=O) groups is 2. The first kappa shape index (κ1) is 28.3. The molecule has 0 aliphatic rings. The van der Waals surface area contributed by atoms with Gasteiger partial charge in [0.1, 0.15) is 5.75 Å². The first-order valence-electron chi connectivity index (χ1n) is 11.1. The van der Waals surface area contributed by atoms with E-state index in [1.807, 2.05) is 45.0 Å². The minimum atomic E-state index is 0.0178. The highest BCUT2D eigenvalue weighted by molar-refractivity contribution is 5.85. The van der Waals surface area contributed by atoms with E-state index in [4.69, 9.17) is 10.5 Å². The Bertz CT molecular complexity index is 661. The summed E-state index contributed by atoms with van der Waals surface area (Å²) in [5.41, 5.74) is 6.26. The van der Waals surface area contributed by atoms with Gasteiger partial charge >= 0.3 is 0 Å². The van der Waals surface area contributed by atoms with Crippen LogP contribution in [0.5, 0.6) is 5.75 Å². The fourth-order valence-electron chi connectivity index (χ4n) is 2.89. The predicted molar refractivity (Wildman–Crippen MR) is 129 cm³/mol. The van der Waals surface area contributed by atoms with E-state index in [1.165, 1.54) is 0 Å². The number of unbranched alkanes of at least 4 members (excludes halogenated alkanes) is 1. The molecule has 0 heterocycles. The van der Waals surface area contributed by atoms with Crippen molar-refractivity contribution in [3.05, 3.63) is 36.7 Å². The maximum absolute atomic E-state index is 12.3. The average Bonchev–Trinajstić information content (AvgIpc) is 2.75. The van der Waals surface area contributed by atoms with Gasteiger partial charge in [0.05, 0.1) is 19.5 Å². The third kappa shape index (κ3) is 11.9. The van der Waals surface area contributed by atoms with Gasteiger partial charge in [0.25, 0.3) is 0 Å². The average molecular weight is 435 g/mol. The number of amides is 2. The Balaban J connectivity index is 0.000000639. The molecule has 0 saturated heterocycles. The molecule has 0 spiro atoms. The fourth-order valence-corrected chi connectivity index (χ4v) is 2.89. The molecule has 2 amide bonds. The van der Waals surface area contributed by atoms with Gasteiger partial charge in [-0.2, -0.15) is 0 Å². The number of methoxy groups -OCH3 is 1. The van der Waals surface area contributed by atoms with Gasteiger partial charge in [0.2, 0.25) is 11.8 Å². The highest BCUT2D eigenvalue weighted by Crippen LogP contribution is 2.15. The summed E-state index contributed by atoms with van der Waals surface area (Å²) in [6, 6.07) is 7.45. The van der Waals surface area contributed by atoms with Gasteiger partial charge in [-0.3, -0.25) is 9.59 Å². The van der Waals surface area contributed by atoms with Crippen molar-refractivity contribution in [2.24, 2.45) is 11.7 Å². The quantitative estimate of drug-likeness (QED) is 0.518. The lowest BCUT2D eigenvalue weighted by atomic mass is 10.0. The zero-order valence-electron chi connectivity index (χ0n) is 20.2. The summed E-state index contributed by atoms with van der Waals surface area (Å²) in [6.45, 7) is 13.1. The molecular formula is C24H42N4O3. The Labute approximate surface area is 188 Å². The van der Waals surface area contributed by atoms with E-state index in [1.54, 1.807) is 24.0 Å². The molecule has 0 aliphatic heterocycles. The minimum absolute atomic E-state index is 0.0178. The number of likely N-dealkylation sites (N-methyl/N-ethyl adjacent to an activating group) is 2. The fraction of sp³-hybridized carbons (Fsp3) is 0.583. The lowest BCUT2D eigenvalue weighted by Crippen LogP contribution is -2.43. The van der Waals surface area contributed by atoms with Gasteiger partial charge in [-0.05, 0) is 44.0 Å². The molecule has 1 unspecified atom stereocenters. The van der Waals surface area contributed by atoms with Crippen LogP contribution >= 0.6 is 0 Å². The monoisotopic (exact) mass is 434 g/mol. The lowest BCUT2D eigenvalue weighted by molar-refractivity contribution is -0.142. The smallest absolute Gasteiger partial charge is 0.241 e. The largest absolute Gasteiger partial charge is 0.497 e. The number of ether oxygens (including phenoxy) is 1. The minimum Gasteiger partial charge on any atom is -0.497 e. The van der Waals surface area contributed by atoms with Gasteiger partial charge in [0, 0.05) is 31.7 Å². The Morgan fingerprint density at radius 3 is 2.23 bits per heavy atom. The number of nitrogens with one attached hydrogen (secondary N) is 1. The van der Waals surface area contributed by atoms with Crippen LogP contribution in [-0.2, 0) is 9.59 Å². The number of carbonyl (C=O) groups excluding carboxylic acids is 2. The number of anilines is 1. The molecular weight excluding hydrogens is 392 g/mol. The second kappa shape index (κ2) is 16.1. The van der Waals surface area contributed by atoms with Crippen LogP contribution in [0.25, 0.3) is 0 Å². The molecule has 7 nitrogen and oxygen atoms in total. The molecule has 31 heavy (non-hydrogen) atoms. The Hall–Kier alpha value is -2.70. The van der Waals surface area contributed by atoms with Gasteiger partial charge in [0.15, 0.2) is 0 Å². The molecule has 0 fully saturated rings. The molecule has 0 bridgehead atoms. The molecule has 176 valence electrons. The van der Waals surface area contributed by atoms with Crippen LogP contribution in [0.15, 0.2) is 36.7 Å². The Morgan fingerprint density at radius 2 is 1.77 bits per heavy atom. The molecule has 0 aromatic heterocycles. The van der Waals surface area contributed by atoms with Crippen molar-refractivity contribution in [2.75, 3.05) is 39.1 Å². The number of hydrogen-bond donors (Lipinski definition) is 2. The SMILES string of the molecule is C=C(N)Nc1ccc(OC)cc1.CCCCC(C)C(=O)N(CC)CC(=O)N(C)CCC. The first-order chi connectivity index (χ1) is 14.7. The predicted octanol–water partition coefficient (Wildman–Crippen LogP) is 4.07. The van der Waals surface area contributed by atoms with Crippen molar-refractivity contribution in [2.45, 2.75) is 53.4 Å². The van der Waals surface area contributed by atoms with E-state index in [-0.39, 0.29) is 24.3 Å². The van der Waals surface area contributed by atoms with Crippen LogP contribution in [0.1, 0.15) is 53.4 Å². The van der Waals surface area contributed by atoms with Crippen LogP contribution < -0.4 is 15.8 Å². The van der Waals surface area contributed by atoms with Crippen molar-refractivity contribution in [3.8, 4) is 5.75 Å². The molecule has 1 rings (SSSR count). The summed E-state index contributed by atoms with van der Waals surface area (Å²) in [6.07, 6.45) is 4.01. The number of nitrogens with zero attached hydrogens (tertiary/aromatic N) is 2. The second-order valence-corrected chi connectivity index (χ2v) is 7.59. The van der Waals surface area contributed by atoms with Crippen LogP contribution in [0.4, 0.5) is 5.69 Å². The second-order valence-electron chi connectivity index (χ2n) is 7.59. The van der Waals surface area contributed by atoms with E-state index in [9.17, 15) is 9.59 Å². The standard InChI is InChI=1S/C15H30N2O2.C9H12N2O/c1-6-9-10-13(4)15(19)17(8-3)12-14(18)16(5)11-7-2;1-7(10)11-8-3-5-9(12-2)6-4-8/h13H,6-12H2,1-5H3;3-6,11H,1,10H2,2H3. The Kier molecular flexibility index (Phi) is 14.7. The molecule has 1 aromatic rings. The third-order valence-electron chi connectivity index (χ3n) is 4.81. The first-order valence-corrected chi connectivity index (χ1v) is 11.1. The van der Waals surface area contributed by atoms with E-state index < -0.39 is 0 Å². The van der Waals surface area contributed by atoms with Gasteiger partial charge in [-0.1, -0.05) is 40.2 Å². The highest BCUT2D eigenvalue weighted by atomic mass is 16.5. The topological polar surface area (TPSA) is 87.9 Å². The molecule has 1 atom stereocenters. The zero-order chi connectivity index (χ0) is 23.8. The molecule has 0 radical (unpaired) electrons. The molecule has 3 N–H and O–H groups in total. The van der Waals surface area contributed by atoms with Crippen molar-refractivity contribution in [1.29, 1.82) is 0 Å². The number of hydrogen-bond acceptors (Lipinski definition) is 5. The van der Waals surface area contributed by atoms with Crippen molar-refractivity contribution < 1.29 is 14.3 Å². The molecule has 0 aliphatic carbocycles. The van der Waals surface area contributed by atoms with Crippen LogP contribution in [0.3, 0.4) is 0 Å². The maximum atomic E-state index is 12.3. The van der Waals surface area contributed by atoms with E-state index >= 15 is 0 Å². The number of nitrogens with two attached hydrogens (primary N) is 1. The lowest BCUT2D eigenvalue weighted by Gasteiger charge is -2.26. The summed E-state index contributed by atoms with van der Waals surface area (Å²) in [5.74, 6) is 1.40. The van der Waals surface area contributed by atoms with Crippen LogP contribution in [-0.4, -0.2) is 55.4 Å². The third-order valence-corrected chi connectivity index (χ3v) is 4.81. The van der Waals surface area contributed by atoms with E-state index in [0.29, 0.717) is 12.4 Å². The summed E-state index contributed by atoms with van der Waals surface area (Å²) in [7, 11) is 3.43. The van der Waals surface area contributed by atoms with Crippen LogP contribution in [0, 0.1) is 5.92 Å². The summed E-state index contributed by atoms with van der Waals surface area (Å²) < 4.78 is 4.99. The molecule has 7 heteroatoms. The van der Waals surface area contributed by atoms with Gasteiger partial charge in [-0.25, -0.2) is 0 Å². The number of benzene rings is 1. The maximum Gasteiger partial charge on any atom is 0.241 e. The normalized spacial score (nSPS) is 10.9.